The van der Waals surface area contributed by atoms with Crippen molar-refractivity contribution >= 4 is 28.3 Å². The highest BCUT2D eigenvalue weighted by Crippen LogP contribution is 2.30. The van der Waals surface area contributed by atoms with E-state index in [-0.39, 0.29) is 28.4 Å². The fourth-order valence-corrected chi connectivity index (χ4v) is 3.16. The number of nitrogens with one attached hydrogen (secondary N) is 1. The summed E-state index contributed by atoms with van der Waals surface area (Å²) in [6.07, 6.45) is -3.13. The topological polar surface area (TPSA) is 72.8 Å². The van der Waals surface area contributed by atoms with Gasteiger partial charge in [-0.25, -0.2) is 23.7 Å². The molecule has 170 valence electrons. The van der Waals surface area contributed by atoms with Crippen LogP contribution in [-0.4, -0.2) is 26.5 Å². The lowest BCUT2D eigenvalue weighted by atomic mass is 10.1. The Hall–Kier alpha value is -3.60. The average molecular weight is 482 g/mol. The van der Waals surface area contributed by atoms with E-state index in [0.29, 0.717) is 13.0 Å². The van der Waals surface area contributed by atoms with Crippen LogP contribution in [0.25, 0.3) is 10.9 Å². The van der Waals surface area contributed by atoms with E-state index in [2.05, 4.69) is 25.3 Å². The van der Waals surface area contributed by atoms with Crippen molar-refractivity contribution in [3.8, 4) is 11.6 Å². The number of hydrogen-bond acceptors (Lipinski definition) is 6. The van der Waals surface area contributed by atoms with Gasteiger partial charge in [-0.05, 0) is 36.2 Å². The molecule has 1 N–H and O–H groups in total. The third kappa shape index (κ3) is 5.25. The van der Waals surface area contributed by atoms with Crippen molar-refractivity contribution < 1.29 is 26.7 Å². The molecular weight excluding hydrogens is 469 g/mol. The Morgan fingerprint density at radius 2 is 1.67 bits per heavy atom. The van der Waals surface area contributed by atoms with E-state index in [1.807, 2.05) is 0 Å². The lowest BCUT2D eigenvalue weighted by Crippen LogP contribution is -2.11. The number of aromatic nitrogens is 4. The maximum atomic E-state index is 14.1. The van der Waals surface area contributed by atoms with Crippen LogP contribution in [-0.2, 0) is 12.6 Å². The van der Waals surface area contributed by atoms with Crippen molar-refractivity contribution in [1.82, 2.24) is 19.9 Å². The van der Waals surface area contributed by atoms with Crippen molar-refractivity contribution in [2.75, 3.05) is 11.9 Å². The van der Waals surface area contributed by atoms with Crippen LogP contribution >= 0.6 is 11.6 Å². The molecule has 0 aliphatic heterocycles. The van der Waals surface area contributed by atoms with Gasteiger partial charge in [0.1, 0.15) is 40.2 Å². The van der Waals surface area contributed by atoms with Crippen molar-refractivity contribution in [1.29, 1.82) is 0 Å². The van der Waals surface area contributed by atoms with Crippen LogP contribution in [0.2, 0.25) is 5.15 Å². The molecule has 33 heavy (non-hydrogen) atoms. The standard InChI is InChI=1S/C21H13ClF5N5O/c22-15-9-16(32-20(31-15)21(25,26)27)33-12-3-1-11(2-4-12)7-8-28-19-17-13(23)5-6-14(24)18(17)29-10-30-19/h1-6,9-10H,7-8H2,(H,28,29,30). The van der Waals surface area contributed by atoms with Crippen LogP contribution in [0.3, 0.4) is 0 Å². The van der Waals surface area contributed by atoms with Gasteiger partial charge < -0.3 is 10.1 Å². The predicted molar refractivity (Wildman–Crippen MR) is 110 cm³/mol. The first-order valence-corrected chi connectivity index (χ1v) is 9.79. The molecule has 0 saturated carbocycles. The van der Waals surface area contributed by atoms with Crippen molar-refractivity contribution in [2.45, 2.75) is 12.6 Å². The van der Waals surface area contributed by atoms with E-state index < -0.39 is 28.8 Å². The second-order valence-corrected chi connectivity index (χ2v) is 7.14. The molecule has 2 aromatic carbocycles. The second-order valence-electron chi connectivity index (χ2n) is 6.75. The van der Waals surface area contributed by atoms with Crippen LogP contribution in [0.5, 0.6) is 11.6 Å². The summed E-state index contributed by atoms with van der Waals surface area (Å²) in [6, 6.07) is 9.57. The Morgan fingerprint density at radius 1 is 0.939 bits per heavy atom. The van der Waals surface area contributed by atoms with E-state index in [9.17, 15) is 22.0 Å². The second kappa shape index (κ2) is 9.10. The summed E-state index contributed by atoms with van der Waals surface area (Å²) in [6.45, 7) is 0.346. The molecule has 0 amide bonds. The number of ether oxygens (including phenoxy) is 1. The minimum Gasteiger partial charge on any atom is -0.439 e. The number of benzene rings is 2. The quantitative estimate of drug-likeness (QED) is 0.276. The highest BCUT2D eigenvalue weighted by molar-refractivity contribution is 6.29. The normalized spacial score (nSPS) is 11.6. The zero-order valence-corrected chi connectivity index (χ0v) is 17.3. The van der Waals surface area contributed by atoms with Crippen LogP contribution in [0.15, 0.2) is 48.8 Å². The summed E-state index contributed by atoms with van der Waals surface area (Å²) in [7, 11) is 0. The smallest absolute Gasteiger partial charge is 0.439 e. The first-order valence-electron chi connectivity index (χ1n) is 9.42. The van der Waals surface area contributed by atoms with Crippen LogP contribution in [0.1, 0.15) is 11.4 Å². The number of halogens is 6. The predicted octanol–water partition coefficient (Wildman–Crippen LogP) is 5.82. The summed E-state index contributed by atoms with van der Waals surface area (Å²) in [5.41, 5.74) is 0.726. The van der Waals surface area contributed by atoms with Gasteiger partial charge in [0, 0.05) is 12.6 Å². The van der Waals surface area contributed by atoms with Crippen LogP contribution in [0, 0.1) is 11.6 Å². The van der Waals surface area contributed by atoms with Gasteiger partial charge in [0.2, 0.25) is 11.7 Å². The Kier molecular flexibility index (Phi) is 6.23. The van der Waals surface area contributed by atoms with Gasteiger partial charge in [-0.3, -0.25) is 0 Å². The van der Waals surface area contributed by atoms with E-state index in [0.717, 1.165) is 30.1 Å². The van der Waals surface area contributed by atoms with Crippen molar-refractivity contribution in [3.05, 3.63) is 77.0 Å². The molecule has 4 aromatic rings. The first kappa shape index (κ1) is 22.6. The number of alkyl halides is 3. The Morgan fingerprint density at radius 3 is 2.39 bits per heavy atom. The van der Waals surface area contributed by atoms with Gasteiger partial charge in [0.05, 0.1) is 5.39 Å². The van der Waals surface area contributed by atoms with Crippen molar-refractivity contribution in [3.63, 3.8) is 0 Å². The van der Waals surface area contributed by atoms with Gasteiger partial charge in [0.25, 0.3) is 0 Å². The number of hydrogen-bond donors (Lipinski definition) is 1. The summed E-state index contributed by atoms with van der Waals surface area (Å²) in [4.78, 5) is 14.2. The fourth-order valence-electron chi connectivity index (χ4n) is 2.98. The molecule has 0 fully saturated rings. The lowest BCUT2D eigenvalue weighted by Gasteiger charge is -2.11. The number of rotatable bonds is 6. The summed E-state index contributed by atoms with van der Waals surface area (Å²) < 4.78 is 71.8. The molecule has 0 aliphatic carbocycles. The van der Waals surface area contributed by atoms with Crippen LogP contribution < -0.4 is 10.1 Å². The zero-order valence-electron chi connectivity index (χ0n) is 16.5. The molecule has 12 heteroatoms. The average Bonchev–Trinajstić information content (AvgIpc) is 2.77. The minimum absolute atomic E-state index is 0.0389. The monoisotopic (exact) mass is 481 g/mol. The first-order chi connectivity index (χ1) is 15.7. The third-order valence-corrected chi connectivity index (χ3v) is 4.66. The zero-order chi connectivity index (χ0) is 23.6. The highest BCUT2D eigenvalue weighted by Gasteiger charge is 2.35. The molecule has 0 atom stereocenters. The molecule has 2 heterocycles. The SMILES string of the molecule is Fc1ccc(F)c2c(NCCc3ccc(Oc4cc(Cl)nc(C(F)(F)F)n4)cc3)ncnc12. The van der Waals surface area contributed by atoms with Gasteiger partial charge in [0.15, 0.2) is 0 Å². The molecule has 0 spiro atoms. The molecule has 0 unspecified atom stereocenters. The van der Waals surface area contributed by atoms with Gasteiger partial charge in [-0.1, -0.05) is 23.7 Å². The van der Waals surface area contributed by atoms with Crippen LogP contribution in [0.4, 0.5) is 27.8 Å². The number of fused-ring (bicyclic) bond motifs is 1. The van der Waals surface area contributed by atoms with E-state index in [1.54, 1.807) is 24.3 Å². The molecular formula is C21H13ClF5N5O. The molecule has 2 aromatic heterocycles. The Balaban J connectivity index is 1.41. The molecule has 0 saturated heterocycles. The molecule has 0 radical (unpaired) electrons. The summed E-state index contributed by atoms with van der Waals surface area (Å²) >= 11 is 5.62. The van der Waals surface area contributed by atoms with E-state index in [4.69, 9.17) is 16.3 Å². The molecule has 6 nitrogen and oxygen atoms in total. The lowest BCUT2D eigenvalue weighted by molar-refractivity contribution is -0.145. The highest BCUT2D eigenvalue weighted by atomic mass is 35.5. The van der Waals surface area contributed by atoms with Gasteiger partial charge >= 0.3 is 6.18 Å². The third-order valence-electron chi connectivity index (χ3n) is 4.47. The number of nitrogens with zero attached hydrogens (tertiary/aromatic N) is 4. The largest absolute Gasteiger partial charge is 0.451 e. The summed E-state index contributed by atoms with van der Waals surface area (Å²) in [5.74, 6) is -2.64. The molecule has 4 rings (SSSR count). The maximum absolute atomic E-state index is 14.1. The Labute approximate surface area is 188 Å². The van der Waals surface area contributed by atoms with E-state index >= 15 is 0 Å². The molecule has 0 aliphatic rings. The Bertz CT molecular complexity index is 1300. The van der Waals surface area contributed by atoms with Gasteiger partial charge in [-0.15, -0.1) is 0 Å². The summed E-state index contributed by atoms with van der Waals surface area (Å²) in [5, 5.41) is 2.52. The minimum atomic E-state index is -4.76. The van der Waals surface area contributed by atoms with E-state index in [1.165, 1.54) is 0 Å². The maximum Gasteiger partial charge on any atom is 0.451 e. The molecule has 0 bridgehead atoms. The van der Waals surface area contributed by atoms with Gasteiger partial charge in [-0.2, -0.15) is 18.2 Å². The fraction of sp³-hybridized carbons (Fsp3) is 0.143. The number of anilines is 1. The van der Waals surface area contributed by atoms with Crippen molar-refractivity contribution in [2.24, 2.45) is 0 Å².